The summed E-state index contributed by atoms with van der Waals surface area (Å²) >= 11 is 5.25. The Morgan fingerprint density at radius 1 is 1.00 bits per heavy atom. The first kappa shape index (κ1) is 20.0. The van der Waals surface area contributed by atoms with Gasteiger partial charge in [0.05, 0.1) is 7.11 Å². The molecule has 0 saturated carbocycles. The summed E-state index contributed by atoms with van der Waals surface area (Å²) in [6.07, 6.45) is 0. The van der Waals surface area contributed by atoms with Gasteiger partial charge in [-0.2, -0.15) is 0 Å². The zero-order valence-electron chi connectivity index (χ0n) is 16.6. The number of fused-ring (bicyclic) bond motifs is 1. The lowest BCUT2D eigenvalue weighted by Gasteiger charge is -2.11. The average molecular weight is 496 g/mol. The van der Waals surface area contributed by atoms with Crippen LogP contribution in [0.3, 0.4) is 0 Å². The van der Waals surface area contributed by atoms with E-state index in [1.54, 1.807) is 18.9 Å². The minimum atomic E-state index is 0.256. The van der Waals surface area contributed by atoms with Crippen LogP contribution in [0, 0.1) is 0 Å². The Morgan fingerprint density at radius 3 is 2.48 bits per heavy atom. The highest BCUT2D eigenvalue weighted by Crippen LogP contribution is 2.39. The predicted molar refractivity (Wildman–Crippen MR) is 123 cm³/mol. The van der Waals surface area contributed by atoms with Crippen LogP contribution in [-0.2, 0) is 5.75 Å². The van der Waals surface area contributed by atoms with E-state index in [4.69, 9.17) is 14.2 Å². The minimum Gasteiger partial charge on any atom is -0.497 e. The van der Waals surface area contributed by atoms with Crippen molar-refractivity contribution in [3.05, 3.63) is 76.8 Å². The molecule has 0 atom stereocenters. The lowest BCUT2D eigenvalue weighted by Crippen LogP contribution is -1.99. The summed E-state index contributed by atoms with van der Waals surface area (Å²) < 4.78 is 19.3. The molecule has 0 aliphatic carbocycles. The Labute approximate surface area is 192 Å². The second-order valence-electron chi connectivity index (χ2n) is 6.79. The van der Waals surface area contributed by atoms with Gasteiger partial charge in [0, 0.05) is 21.5 Å². The third-order valence-corrected chi connectivity index (χ3v) is 6.61. The third kappa shape index (κ3) is 4.00. The molecule has 6 nitrogen and oxygen atoms in total. The molecule has 0 spiro atoms. The number of hydrogen-bond acceptors (Lipinski definition) is 6. The number of nitrogens with zero attached hydrogens (tertiary/aromatic N) is 3. The van der Waals surface area contributed by atoms with E-state index >= 15 is 0 Å². The zero-order chi connectivity index (χ0) is 21.2. The van der Waals surface area contributed by atoms with E-state index in [0.717, 1.165) is 49.5 Å². The fourth-order valence-corrected chi connectivity index (χ4v) is 4.90. The fourth-order valence-electron chi connectivity index (χ4n) is 3.31. The smallest absolute Gasteiger partial charge is 0.231 e. The molecule has 0 unspecified atom stereocenters. The molecule has 31 heavy (non-hydrogen) atoms. The maximum absolute atomic E-state index is 5.52. The quantitative estimate of drug-likeness (QED) is 0.318. The number of halogens is 1. The molecule has 1 aliphatic heterocycles. The topological polar surface area (TPSA) is 58.4 Å². The molecule has 5 rings (SSSR count). The van der Waals surface area contributed by atoms with Gasteiger partial charge >= 0.3 is 0 Å². The van der Waals surface area contributed by atoms with Gasteiger partial charge in [0.15, 0.2) is 22.5 Å². The maximum atomic E-state index is 5.52. The number of ether oxygens (including phenoxy) is 3. The van der Waals surface area contributed by atoms with Crippen LogP contribution in [0.5, 0.6) is 17.2 Å². The highest BCUT2D eigenvalue weighted by molar-refractivity contribution is 9.10. The normalized spacial score (nSPS) is 12.2. The Hall–Kier alpha value is -2.97. The highest BCUT2D eigenvalue weighted by Gasteiger charge is 2.19. The first-order valence-electron chi connectivity index (χ1n) is 9.59. The van der Waals surface area contributed by atoms with Crippen LogP contribution in [-0.4, -0.2) is 28.7 Å². The molecule has 0 radical (unpaired) electrons. The summed E-state index contributed by atoms with van der Waals surface area (Å²) in [5, 5.41) is 9.81. The van der Waals surface area contributed by atoms with Crippen molar-refractivity contribution >= 4 is 27.7 Å². The van der Waals surface area contributed by atoms with E-state index in [9.17, 15) is 0 Å². The van der Waals surface area contributed by atoms with Crippen LogP contribution in [0.2, 0.25) is 0 Å². The minimum absolute atomic E-state index is 0.256. The van der Waals surface area contributed by atoms with Crippen molar-refractivity contribution in [2.75, 3.05) is 13.9 Å². The predicted octanol–water partition coefficient (Wildman–Crippen LogP) is 5.73. The van der Waals surface area contributed by atoms with Crippen molar-refractivity contribution in [1.82, 2.24) is 14.8 Å². The third-order valence-electron chi connectivity index (χ3n) is 4.89. The van der Waals surface area contributed by atoms with Gasteiger partial charge in [-0.05, 0) is 54.1 Å². The zero-order valence-corrected chi connectivity index (χ0v) is 19.0. The Bertz CT molecular complexity index is 1210. The van der Waals surface area contributed by atoms with E-state index in [2.05, 4.69) is 42.8 Å². The first-order valence-corrected chi connectivity index (χ1v) is 11.4. The molecule has 2 heterocycles. The molecule has 1 aliphatic rings. The number of methoxy groups -OCH3 is 1. The summed E-state index contributed by atoms with van der Waals surface area (Å²) in [6, 6.07) is 21.9. The number of thioether (sulfide) groups is 1. The summed E-state index contributed by atoms with van der Waals surface area (Å²) in [6.45, 7) is 0.256. The number of aromatic nitrogens is 3. The Morgan fingerprint density at radius 2 is 1.74 bits per heavy atom. The lowest BCUT2D eigenvalue weighted by atomic mass is 10.2. The van der Waals surface area contributed by atoms with Crippen LogP contribution in [0.1, 0.15) is 5.56 Å². The largest absolute Gasteiger partial charge is 0.497 e. The highest BCUT2D eigenvalue weighted by atomic mass is 79.9. The van der Waals surface area contributed by atoms with Gasteiger partial charge in [0.1, 0.15) is 5.75 Å². The summed E-state index contributed by atoms with van der Waals surface area (Å²) in [5.74, 6) is 3.81. The molecule has 0 amide bonds. The molecular formula is C23H18BrN3O3S. The molecular weight excluding hydrogens is 478 g/mol. The second-order valence-corrected chi connectivity index (χ2v) is 8.59. The molecule has 0 fully saturated rings. The van der Waals surface area contributed by atoms with Crippen molar-refractivity contribution in [3.63, 3.8) is 0 Å². The monoisotopic (exact) mass is 495 g/mol. The van der Waals surface area contributed by atoms with Crippen LogP contribution < -0.4 is 14.2 Å². The second kappa shape index (κ2) is 8.64. The summed E-state index contributed by atoms with van der Waals surface area (Å²) in [5.41, 5.74) is 3.07. The lowest BCUT2D eigenvalue weighted by molar-refractivity contribution is 0.174. The number of para-hydroxylation sites is 1. The molecule has 3 aromatic carbocycles. The van der Waals surface area contributed by atoms with Crippen LogP contribution >= 0.6 is 27.7 Å². The fraction of sp³-hybridized carbons (Fsp3) is 0.130. The number of hydrogen-bond donors (Lipinski definition) is 0. The van der Waals surface area contributed by atoms with Crippen molar-refractivity contribution in [2.24, 2.45) is 0 Å². The molecule has 8 heteroatoms. The average Bonchev–Trinajstić information content (AvgIpc) is 3.44. The standard InChI is InChI=1S/C23H18BrN3O3S/c1-28-18-9-7-15(8-10-18)22-25-26-23(27(22)17-5-3-2-4-6-17)31-13-16-11-20-21(12-19(16)24)30-14-29-20/h2-12H,13-14H2,1H3. The van der Waals surface area contributed by atoms with Crippen LogP contribution in [0.4, 0.5) is 0 Å². The molecule has 0 N–H and O–H groups in total. The van der Waals surface area contributed by atoms with Gasteiger partial charge < -0.3 is 14.2 Å². The SMILES string of the molecule is COc1ccc(-c2nnc(SCc3cc4c(cc3Br)OCO4)n2-c2ccccc2)cc1. The molecule has 0 bridgehead atoms. The molecule has 156 valence electrons. The van der Waals surface area contributed by atoms with Crippen molar-refractivity contribution < 1.29 is 14.2 Å². The summed E-state index contributed by atoms with van der Waals surface area (Å²) in [7, 11) is 1.66. The van der Waals surface area contributed by atoms with Gasteiger partial charge in [0.25, 0.3) is 0 Å². The van der Waals surface area contributed by atoms with Crippen molar-refractivity contribution in [2.45, 2.75) is 10.9 Å². The summed E-state index contributed by atoms with van der Waals surface area (Å²) in [4.78, 5) is 0. The van der Waals surface area contributed by atoms with Crippen LogP contribution in [0.25, 0.3) is 17.1 Å². The van der Waals surface area contributed by atoms with Crippen LogP contribution in [0.15, 0.2) is 76.4 Å². The van der Waals surface area contributed by atoms with Gasteiger partial charge in [0.2, 0.25) is 6.79 Å². The maximum Gasteiger partial charge on any atom is 0.231 e. The van der Waals surface area contributed by atoms with E-state index in [1.807, 2.05) is 54.6 Å². The Balaban J connectivity index is 1.49. The van der Waals surface area contributed by atoms with E-state index in [1.165, 1.54) is 0 Å². The van der Waals surface area contributed by atoms with E-state index < -0.39 is 0 Å². The number of benzene rings is 3. The van der Waals surface area contributed by atoms with E-state index in [0.29, 0.717) is 5.75 Å². The molecule has 0 saturated heterocycles. The molecule has 4 aromatic rings. The van der Waals surface area contributed by atoms with Gasteiger partial charge in [-0.25, -0.2) is 0 Å². The van der Waals surface area contributed by atoms with Gasteiger partial charge in [-0.1, -0.05) is 45.9 Å². The van der Waals surface area contributed by atoms with Gasteiger partial charge in [-0.15, -0.1) is 10.2 Å². The Kier molecular flexibility index (Phi) is 5.57. The van der Waals surface area contributed by atoms with Gasteiger partial charge in [-0.3, -0.25) is 4.57 Å². The number of rotatable bonds is 6. The van der Waals surface area contributed by atoms with E-state index in [-0.39, 0.29) is 6.79 Å². The molecule has 1 aromatic heterocycles. The first-order chi connectivity index (χ1) is 15.2. The van der Waals surface area contributed by atoms with Crippen molar-refractivity contribution in [3.8, 4) is 34.3 Å². The van der Waals surface area contributed by atoms with Crippen molar-refractivity contribution in [1.29, 1.82) is 0 Å².